The van der Waals surface area contributed by atoms with E-state index in [9.17, 15) is 14.0 Å². The fraction of sp³-hybridized carbons (Fsp3) is 0.286. The van der Waals surface area contributed by atoms with Crippen LogP contribution in [0.5, 0.6) is 0 Å². The highest BCUT2D eigenvalue weighted by Crippen LogP contribution is 2.32. The van der Waals surface area contributed by atoms with Crippen LogP contribution in [-0.4, -0.2) is 39.4 Å². The smallest absolute Gasteiger partial charge is 0.273 e. The summed E-state index contributed by atoms with van der Waals surface area (Å²) in [7, 11) is 1.67. The molecule has 8 heteroatoms. The normalized spacial score (nSPS) is 21.2. The van der Waals surface area contributed by atoms with Gasteiger partial charge in [-0.2, -0.15) is 0 Å². The van der Waals surface area contributed by atoms with Crippen molar-refractivity contribution in [3.05, 3.63) is 46.7 Å². The summed E-state index contributed by atoms with van der Waals surface area (Å²) in [6.45, 7) is 0. The second-order valence-corrected chi connectivity index (χ2v) is 5.69. The van der Waals surface area contributed by atoms with Crippen molar-refractivity contribution in [1.82, 2.24) is 19.8 Å². The van der Waals surface area contributed by atoms with Crippen LogP contribution in [0.4, 0.5) is 4.39 Å². The van der Waals surface area contributed by atoms with E-state index < -0.39 is 6.04 Å². The van der Waals surface area contributed by atoms with Crippen molar-refractivity contribution >= 4 is 23.3 Å². The first kappa shape index (κ1) is 14.6. The summed E-state index contributed by atoms with van der Waals surface area (Å²) in [4.78, 5) is 25.7. The zero-order chi connectivity index (χ0) is 15.7. The Labute approximate surface area is 130 Å². The van der Waals surface area contributed by atoms with Crippen LogP contribution < -0.4 is 5.32 Å². The first-order chi connectivity index (χ1) is 10.6. The van der Waals surface area contributed by atoms with Crippen molar-refractivity contribution < 1.29 is 14.0 Å². The van der Waals surface area contributed by atoms with Gasteiger partial charge in [0.2, 0.25) is 5.91 Å². The highest BCUT2D eigenvalue weighted by Gasteiger charge is 2.39. The molecule has 3 rings (SSSR count). The molecule has 1 aliphatic rings. The Morgan fingerprint density at radius 1 is 1.41 bits per heavy atom. The van der Waals surface area contributed by atoms with Gasteiger partial charge in [0.05, 0.1) is 12.1 Å². The van der Waals surface area contributed by atoms with E-state index in [-0.39, 0.29) is 35.8 Å². The molecule has 2 heterocycles. The predicted molar refractivity (Wildman–Crippen MR) is 77.7 cm³/mol. The Morgan fingerprint density at radius 2 is 2.14 bits per heavy atom. The number of hydrogen-bond acceptors (Lipinski definition) is 5. The number of carbonyl (C=O) groups excluding carboxylic acids is 2. The summed E-state index contributed by atoms with van der Waals surface area (Å²) in [5, 5.41) is 8.07. The number of likely N-dealkylation sites (tertiary alicyclic amines) is 1. The van der Waals surface area contributed by atoms with Crippen LogP contribution in [0.3, 0.4) is 0 Å². The standard InChI is InChI=1S/C14H13FN4O2S/c1-19-12(20)6-10(16-14(21)11-7-22-18-17-11)13(19)8-2-4-9(15)5-3-8/h2-5,7,10,13H,6H2,1H3,(H,16,21)/t10-,13-/m0/s1. The van der Waals surface area contributed by atoms with Gasteiger partial charge in [0.25, 0.3) is 5.91 Å². The summed E-state index contributed by atoms with van der Waals surface area (Å²) in [6, 6.07) is 5.21. The van der Waals surface area contributed by atoms with Crippen LogP contribution in [0.1, 0.15) is 28.5 Å². The third kappa shape index (κ3) is 2.69. The van der Waals surface area contributed by atoms with E-state index in [2.05, 4.69) is 14.9 Å². The molecule has 1 aromatic heterocycles. The Balaban J connectivity index is 1.83. The predicted octanol–water partition coefficient (Wildman–Crippen LogP) is 1.38. The van der Waals surface area contributed by atoms with Crippen molar-refractivity contribution in [2.45, 2.75) is 18.5 Å². The largest absolute Gasteiger partial charge is 0.345 e. The number of carbonyl (C=O) groups is 2. The molecule has 0 radical (unpaired) electrons. The van der Waals surface area contributed by atoms with E-state index in [4.69, 9.17) is 0 Å². The van der Waals surface area contributed by atoms with Gasteiger partial charge in [-0.3, -0.25) is 9.59 Å². The van der Waals surface area contributed by atoms with Crippen LogP contribution in [0, 0.1) is 5.82 Å². The fourth-order valence-corrected chi connectivity index (χ4v) is 3.06. The third-order valence-corrected chi connectivity index (χ3v) is 4.21. The Bertz CT molecular complexity index is 689. The maximum Gasteiger partial charge on any atom is 0.273 e. The van der Waals surface area contributed by atoms with Gasteiger partial charge in [0.15, 0.2) is 5.69 Å². The molecule has 6 nitrogen and oxygen atoms in total. The molecule has 22 heavy (non-hydrogen) atoms. The van der Waals surface area contributed by atoms with Gasteiger partial charge in [-0.1, -0.05) is 16.6 Å². The average molecular weight is 320 g/mol. The van der Waals surface area contributed by atoms with E-state index in [1.165, 1.54) is 12.1 Å². The van der Waals surface area contributed by atoms with E-state index in [1.54, 1.807) is 29.5 Å². The van der Waals surface area contributed by atoms with Crippen LogP contribution in [0.2, 0.25) is 0 Å². The highest BCUT2D eigenvalue weighted by atomic mass is 32.1. The zero-order valence-electron chi connectivity index (χ0n) is 11.7. The number of nitrogens with one attached hydrogen (secondary N) is 1. The lowest BCUT2D eigenvalue weighted by atomic mass is 10.00. The number of halogens is 1. The highest BCUT2D eigenvalue weighted by molar-refractivity contribution is 7.03. The molecule has 114 valence electrons. The lowest BCUT2D eigenvalue weighted by Crippen LogP contribution is -2.39. The Hall–Kier alpha value is -2.35. The molecule has 0 saturated carbocycles. The molecular formula is C14H13FN4O2S. The first-order valence-electron chi connectivity index (χ1n) is 6.65. The summed E-state index contributed by atoms with van der Waals surface area (Å²) >= 11 is 1.08. The molecule has 0 spiro atoms. The molecule has 1 N–H and O–H groups in total. The zero-order valence-corrected chi connectivity index (χ0v) is 12.5. The molecule has 1 saturated heterocycles. The van der Waals surface area contributed by atoms with Crippen LogP contribution >= 0.6 is 11.5 Å². The lowest BCUT2D eigenvalue weighted by molar-refractivity contribution is -0.127. The van der Waals surface area contributed by atoms with E-state index in [1.807, 2.05) is 0 Å². The van der Waals surface area contributed by atoms with Gasteiger partial charge in [-0.15, -0.1) is 5.10 Å². The van der Waals surface area contributed by atoms with Gasteiger partial charge in [0.1, 0.15) is 5.82 Å². The number of benzene rings is 1. The van der Waals surface area contributed by atoms with Crippen LogP contribution in [0.25, 0.3) is 0 Å². The summed E-state index contributed by atoms with van der Waals surface area (Å²) < 4.78 is 16.7. The van der Waals surface area contributed by atoms with Crippen molar-refractivity contribution in [3.63, 3.8) is 0 Å². The molecule has 2 amide bonds. The number of aromatic nitrogens is 2. The molecule has 0 bridgehead atoms. The van der Waals surface area contributed by atoms with Crippen molar-refractivity contribution in [2.75, 3.05) is 7.05 Å². The quantitative estimate of drug-likeness (QED) is 0.927. The maximum absolute atomic E-state index is 13.1. The minimum absolute atomic E-state index is 0.0731. The summed E-state index contributed by atoms with van der Waals surface area (Å²) in [6.07, 6.45) is 0.196. The Kier molecular flexibility index (Phi) is 3.84. The topological polar surface area (TPSA) is 75.2 Å². The van der Waals surface area contributed by atoms with Gasteiger partial charge < -0.3 is 10.2 Å². The molecule has 0 unspecified atom stereocenters. The van der Waals surface area contributed by atoms with Gasteiger partial charge >= 0.3 is 0 Å². The summed E-state index contributed by atoms with van der Waals surface area (Å²) in [5.74, 6) is -0.783. The third-order valence-electron chi connectivity index (χ3n) is 3.71. The molecule has 1 aromatic carbocycles. The van der Waals surface area contributed by atoms with Crippen LogP contribution in [0.15, 0.2) is 29.6 Å². The van der Waals surface area contributed by atoms with Crippen molar-refractivity contribution in [1.29, 1.82) is 0 Å². The van der Waals surface area contributed by atoms with E-state index in [0.717, 1.165) is 17.1 Å². The lowest BCUT2D eigenvalue weighted by Gasteiger charge is -2.25. The number of nitrogens with zero attached hydrogens (tertiary/aromatic N) is 3. The molecule has 0 aliphatic carbocycles. The molecular weight excluding hydrogens is 307 g/mol. The number of rotatable bonds is 3. The minimum Gasteiger partial charge on any atom is -0.345 e. The molecule has 2 aromatic rings. The minimum atomic E-state index is -0.392. The van der Waals surface area contributed by atoms with E-state index >= 15 is 0 Å². The molecule has 2 atom stereocenters. The second kappa shape index (κ2) is 5.80. The van der Waals surface area contributed by atoms with Gasteiger partial charge in [-0.05, 0) is 29.2 Å². The summed E-state index contributed by atoms with van der Waals surface area (Å²) in [5.41, 5.74) is 1.00. The van der Waals surface area contributed by atoms with Gasteiger partial charge in [-0.25, -0.2) is 4.39 Å². The fourth-order valence-electron chi connectivity index (χ4n) is 2.62. The molecule has 1 aliphatic heterocycles. The molecule has 1 fully saturated rings. The monoisotopic (exact) mass is 320 g/mol. The van der Waals surface area contributed by atoms with Crippen LogP contribution in [-0.2, 0) is 4.79 Å². The average Bonchev–Trinajstić information content (AvgIpc) is 3.11. The number of hydrogen-bond donors (Lipinski definition) is 1. The van der Waals surface area contributed by atoms with Crippen molar-refractivity contribution in [3.8, 4) is 0 Å². The number of likely N-dealkylation sites (N-methyl/N-ethyl adjacent to an activating group) is 1. The second-order valence-electron chi connectivity index (χ2n) is 5.08. The van der Waals surface area contributed by atoms with E-state index in [0.29, 0.717) is 0 Å². The maximum atomic E-state index is 13.1. The number of amides is 2. The van der Waals surface area contributed by atoms with Gasteiger partial charge in [0, 0.05) is 18.8 Å². The SMILES string of the molecule is CN1C(=O)C[C@H](NC(=O)c2csnn2)[C@@H]1c1ccc(F)cc1. The first-order valence-corrected chi connectivity index (χ1v) is 7.49. The van der Waals surface area contributed by atoms with Crippen molar-refractivity contribution in [2.24, 2.45) is 0 Å². The Morgan fingerprint density at radius 3 is 2.77 bits per heavy atom.